The van der Waals surface area contributed by atoms with Gasteiger partial charge in [-0.15, -0.1) is 0 Å². The Morgan fingerprint density at radius 2 is 2.18 bits per heavy atom. The van der Waals surface area contributed by atoms with Crippen molar-refractivity contribution in [3.8, 4) is 0 Å². The van der Waals surface area contributed by atoms with E-state index in [2.05, 4.69) is 9.97 Å². The van der Waals surface area contributed by atoms with Crippen molar-refractivity contribution in [2.75, 3.05) is 6.26 Å². The fourth-order valence-corrected chi connectivity index (χ4v) is 0.921. The van der Waals surface area contributed by atoms with Gasteiger partial charge in [-0.25, -0.2) is 4.98 Å². The maximum absolute atomic E-state index is 11.9. The minimum absolute atomic E-state index is 0.275. The molecule has 6 heteroatoms. The molecular weight excluding hydrogens is 177 g/mol. The molecule has 0 fully saturated rings. The number of imidazole rings is 1. The smallest absolute Gasteiger partial charge is 0.329 e. The van der Waals surface area contributed by atoms with Gasteiger partial charge in [-0.05, 0) is 6.26 Å². The summed E-state index contributed by atoms with van der Waals surface area (Å²) in [4.78, 5) is 5.62. The Bertz CT molecular complexity index is 242. The second kappa shape index (κ2) is 2.77. The number of aromatic nitrogens is 2. The molecule has 1 aromatic heterocycles. The van der Waals surface area contributed by atoms with Crippen molar-refractivity contribution in [1.29, 1.82) is 0 Å². The first-order valence-corrected chi connectivity index (χ1v) is 3.92. The molecule has 0 atom stereocenters. The number of H-pyrrole nitrogens is 1. The molecule has 0 unspecified atom stereocenters. The molecule has 62 valence electrons. The van der Waals surface area contributed by atoms with E-state index in [0.29, 0.717) is 0 Å². The minimum atomic E-state index is -4.32. The zero-order chi connectivity index (χ0) is 8.48. The highest BCUT2D eigenvalue weighted by Crippen LogP contribution is 2.28. The molecule has 0 aliphatic carbocycles. The Kier molecular flexibility index (Phi) is 2.12. The van der Waals surface area contributed by atoms with Crippen LogP contribution in [0.1, 0.15) is 5.69 Å². The van der Waals surface area contributed by atoms with E-state index in [1.54, 1.807) is 6.26 Å². The van der Waals surface area contributed by atoms with Crippen molar-refractivity contribution in [3.05, 3.63) is 11.9 Å². The maximum Gasteiger partial charge on any atom is 0.432 e. The van der Waals surface area contributed by atoms with Crippen LogP contribution in [0.5, 0.6) is 0 Å². The molecular formula is C5H5F3N2S. The second-order valence-electron chi connectivity index (χ2n) is 1.80. The molecule has 1 aromatic rings. The van der Waals surface area contributed by atoms with Gasteiger partial charge in [0.05, 0.1) is 6.20 Å². The SMILES string of the molecule is CSc1ncc(C(F)(F)F)[nH]1. The summed E-state index contributed by atoms with van der Waals surface area (Å²) in [6.07, 6.45) is -1.88. The fourth-order valence-electron chi connectivity index (χ4n) is 0.551. The molecule has 1 N–H and O–H groups in total. The summed E-state index contributed by atoms with van der Waals surface area (Å²) in [5.74, 6) is 0. The number of hydrogen-bond acceptors (Lipinski definition) is 2. The van der Waals surface area contributed by atoms with Gasteiger partial charge in [-0.3, -0.25) is 0 Å². The molecule has 0 radical (unpaired) electrons. The molecule has 0 aliphatic heterocycles. The lowest BCUT2D eigenvalue weighted by molar-refractivity contribution is -0.141. The predicted octanol–water partition coefficient (Wildman–Crippen LogP) is 2.15. The van der Waals surface area contributed by atoms with Crippen LogP contribution in [-0.2, 0) is 6.18 Å². The lowest BCUT2D eigenvalue weighted by Crippen LogP contribution is -2.04. The van der Waals surface area contributed by atoms with Gasteiger partial charge in [0.25, 0.3) is 0 Å². The number of rotatable bonds is 1. The first-order valence-electron chi connectivity index (χ1n) is 2.70. The van der Waals surface area contributed by atoms with E-state index in [4.69, 9.17) is 0 Å². The Labute approximate surface area is 65.2 Å². The van der Waals surface area contributed by atoms with Gasteiger partial charge in [0.2, 0.25) is 0 Å². The summed E-state index contributed by atoms with van der Waals surface area (Å²) in [5.41, 5.74) is -0.804. The number of nitrogens with zero attached hydrogens (tertiary/aromatic N) is 1. The molecule has 0 spiro atoms. The molecule has 0 saturated heterocycles. The van der Waals surface area contributed by atoms with Crippen molar-refractivity contribution >= 4 is 11.8 Å². The summed E-state index contributed by atoms with van der Waals surface area (Å²) in [7, 11) is 0. The van der Waals surface area contributed by atoms with Crippen molar-refractivity contribution in [2.45, 2.75) is 11.3 Å². The van der Waals surface area contributed by atoms with Crippen LogP contribution in [0, 0.1) is 0 Å². The van der Waals surface area contributed by atoms with E-state index in [9.17, 15) is 13.2 Å². The van der Waals surface area contributed by atoms with Gasteiger partial charge in [-0.1, -0.05) is 11.8 Å². The van der Waals surface area contributed by atoms with Gasteiger partial charge in [0.1, 0.15) is 5.69 Å². The lowest BCUT2D eigenvalue weighted by atomic mass is 10.5. The second-order valence-corrected chi connectivity index (χ2v) is 2.60. The molecule has 1 heterocycles. The van der Waals surface area contributed by atoms with Crippen LogP contribution in [0.15, 0.2) is 11.4 Å². The molecule has 1 rings (SSSR count). The quantitative estimate of drug-likeness (QED) is 0.674. The van der Waals surface area contributed by atoms with Crippen LogP contribution >= 0.6 is 11.8 Å². The topological polar surface area (TPSA) is 28.7 Å². The Balaban J connectivity index is 2.89. The van der Waals surface area contributed by atoms with E-state index in [1.165, 1.54) is 0 Å². The van der Waals surface area contributed by atoms with E-state index >= 15 is 0 Å². The summed E-state index contributed by atoms with van der Waals surface area (Å²) >= 11 is 1.14. The normalized spacial score (nSPS) is 12.0. The van der Waals surface area contributed by atoms with Crippen LogP contribution in [0.25, 0.3) is 0 Å². The van der Waals surface area contributed by atoms with E-state index in [1.807, 2.05) is 0 Å². The number of nitrogens with one attached hydrogen (secondary N) is 1. The Morgan fingerprint density at radius 1 is 1.55 bits per heavy atom. The number of halogens is 3. The standard InChI is InChI=1S/C5H5F3N2S/c1-11-4-9-2-3(10-4)5(6,7)8/h2H,1H3,(H,9,10). The third kappa shape index (κ3) is 1.89. The molecule has 0 amide bonds. The van der Waals surface area contributed by atoms with E-state index < -0.39 is 11.9 Å². The minimum Gasteiger partial charge on any atom is -0.329 e. The van der Waals surface area contributed by atoms with Crippen LogP contribution in [0.3, 0.4) is 0 Å². The number of alkyl halides is 3. The lowest BCUT2D eigenvalue weighted by Gasteiger charge is -2.00. The van der Waals surface area contributed by atoms with Crippen LogP contribution in [0.4, 0.5) is 13.2 Å². The largest absolute Gasteiger partial charge is 0.432 e. The van der Waals surface area contributed by atoms with Crippen molar-refractivity contribution in [2.24, 2.45) is 0 Å². The van der Waals surface area contributed by atoms with Gasteiger partial charge < -0.3 is 4.98 Å². The Hall–Kier alpha value is -0.650. The summed E-state index contributed by atoms with van der Waals surface area (Å²) in [6, 6.07) is 0. The summed E-state index contributed by atoms with van der Waals surface area (Å²) < 4.78 is 35.6. The number of hydrogen-bond donors (Lipinski definition) is 1. The number of aromatic amines is 1. The van der Waals surface area contributed by atoms with Crippen LogP contribution < -0.4 is 0 Å². The molecule has 11 heavy (non-hydrogen) atoms. The van der Waals surface area contributed by atoms with E-state index in [-0.39, 0.29) is 5.16 Å². The average molecular weight is 182 g/mol. The van der Waals surface area contributed by atoms with Gasteiger partial charge >= 0.3 is 6.18 Å². The van der Waals surface area contributed by atoms with Gasteiger partial charge in [0.15, 0.2) is 5.16 Å². The third-order valence-corrected chi connectivity index (χ3v) is 1.65. The number of thioether (sulfide) groups is 1. The fraction of sp³-hybridized carbons (Fsp3) is 0.400. The highest BCUT2D eigenvalue weighted by atomic mass is 32.2. The third-order valence-electron chi connectivity index (χ3n) is 1.05. The molecule has 0 bridgehead atoms. The van der Waals surface area contributed by atoms with Crippen molar-refractivity contribution in [3.63, 3.8) is 0 Å². The molecule has 0 aromatic carbocycles. The monoisotopic (exact) mass is 182 g/mol. The zero-order valence-corrected chi connectivity index (χ0v) is 6.38. The average Bonchev–Trinajstić information content (AvgIpc) is 2.32. The predicted molar refractivity (Wildman–Crippen MR) is 35.4 cm³/mol. The molecule has 2 nitrogen and oxygen atoms in total. The summed E-state index contributed by atoms with van der Waals surface area (Å²) in [6.45, 7) is 0. The van der Waals surface area contributed by atoms with Crippen molar-refractivity contribution in [1.82, 2.24) is 9.97 Å². The zero-order valence-electron chi connectivity index (χ0n) is 5.57. The van der Waals surface area contributed by atoms with Crippen LogP contribution in [0.2, 0.25) is 0 Å². The highest BCUT2D eigenvalue weighted by molar-refractivity contribution is 7.98. The highest BCUT2D eigenvalue weighted by Gasteiger charge is 2.32. The van der Waals surface area contributed by atoms with Crippen LogP contribution in [-0.4, -0.2) is 16.2 Å². The van der Waals surface area contributed by atoms with Crippen molar-refractivity contribution < 1.29 is 13.2 Å². The maximum atomic E-state index is 11.9. The molecule has 0 saturated carbocycles. The van der Waals surface area contributed by atoms with Gasteiger partial charge in [0, 0.05) is 0 Å². The van der Waals surface area contributed by atoms with Gasteiger partial charge in [-0.2, -0.15) is 13.2 Å². The first-order chi connectivity index (χ1) is 5.04. The first kappa shape index (κ1) is 8.45. The Morgan fingerprint density at radius 3 is 2.45 bits per heavy atom. The molecule has 0 aliphatic rings. The summed E-state index contributed by atoms with van der Waals surface area (Å²) in [5, 5.41) is 0.275. The van der Waals surface area contributed by atoms with E-state index in [0.717, 1.165) is 18.0 Å².